The summed E-state index contributed by atoms with van der Waals surface area (Å²) < 4.78 is 1.92. The highest BCUT2D eigenvalue weighted by atomic mass is 32.1. The summed E-state index contributed by atoms with van der Waals surface area (Å²) >= 11 is 1.25. The first-order chi connectivity index (χ1) is 11.1. The molecule has 2 aromatic heterocycles. The van der Waals surface area contributed by atoms with Gasteiger partial charge in [0.1, 0.15) is 17.6 Å². The van der Waals surface area contributed by atoms with E-state index in [1.807, 2.05) is 17.8 Å². The van der Waals surface area contributed by atoms with Gasteiger partial charge in [-0.1, -0.05) is 0 Å². The van der Waals surface area contributed by atoms with Crippen LogP contribution in [0.15, 0.2) is 17.8 Å². The van der Waals surface area contributed by atoms with Crippen LogP contribution in [0.5, 0.6) is 0 Å². The zero-order valence-corrected chi connectivity index (χ0v) is 13.8. The average Bonchev–Trinajstić information content (AvgIpc) is 3.15. The number of thiazole rings is 1. The second-order valence-electron chi connectivity index (χ2n) is 5.33. The quantitative estimate of drug-likeness (QED) is 0.858. The van der Waals surface area contributed by atoms with Crippen LogP contribution in [0.4, 0.5) is 5.13 Å². The molecular formula is C14H18N6O2S. The lowest BCUT2D eigenvalue weighted by Crippen LogP contribution is -2.49. The van der Waals surface area contributed by atoms with E-state index in [0.29, 0.717) is 23.9 Å². The predicted octanol–water partition coefficient (Wildman–Crippen LogP) is 0.622. The molecule has 1 unspecified atom stereocenters. The lowest BCUT2D eigenvalue weighted by Gasteiger charge is -2.35. The van der Waals surface area contributed by atoms with E-state index in [1.165, 1.54) is 18.3 Å². The molecule has 1 aliphatic rings. The van der Waals surface area contributed by atoms with Gasteiger partial charge >= 0.3 is 0 Å². The minimum absolute atomic E-state index is 0.137. The summed E-state index contributed by atoms with van der Waals surface area (Å²) in [7, 11) is 1.91. The van der Waals surface area contributed by atoms with E-state index in [9.17, 15) is 9.59 Å². The third kappa shape index (κ3) is 3.25. The van der Waals surface area contributed by atoms with Crippen molar-refractivity contribution >= 4 is 28.3 Å². The predicted molar refractivity (Wildman–Crippen MR) is 86.3 cm³/mol. The summed E-state index contributed by atoms with van der Waals surface area (Å²) in [6.07, 6.45) is 3.59. The Morgan fingerprint density at radius 1 is 1.48 bits per heavy atom. The second-order valence-corrected chi connectivity index (χ2v) is 6.19. The summed E-state index contributed by atoms with van der Waals surface area (Å²) in [5.74, 6) is 0.488. The Bertz CT molecular complexity index is 724. The van der Waals surface area contributed by atoms with Crippen LogP contribution in [-0.2, 0) is 11.8 Å². The Morgan fingerprint density at radius 2 is 2.30 bits per heavy atom. The second kappa shape index (κ2) is 6.47. The monoisotopic (exact) mass is 334 g/mol. The van der Waals surface area contributed by atoms with Gasteiger partial charge in [-0.3, -0.25) is 9.59 Å². The molecule has 1 fully saturated rings. The highest BCUT2D eigenvalue weighted by Crippen LogP contribution is 2.24. The summed E-state index contributed by atoms with van der Waals surface area (Å²) in [4.78, 5) is 34.2. The van der Waals surface area contributed by atoms with E-state index >= 15 is 0 Å². The fourth-order valence-corrected chi connectivity index (χ4v) is 3.33. The SMILES string of the molecule is CC(=O)Nc1nc(C(=O)N2CCNCC2c2nccn2C)cs1. The number of rotatable bonds is 3. The zero-order chi connectivity index (χ0) is 16.4. The maximum absolute atomic E-state index is 12.8. The Hall–Kier alpha value is -2.26. The van der Waals surface area contributed by atoms with Gasteiger partial charge in [0.2, 0.25) is 5.91 Å². The van der Waals surface area contributed by atoms with Crippen LogP contribution in [0.25, 0.3) is 0 Å². The minimum atomic E-state index is -0.202. The smallest absolute Gasteiger partial charge is 0.274 e. The number of imidazole rings is 1. The first-order valence-corrected chi connectivity index (χ1v) is 8.16. The molecule has 0 bridgehead atoms. The lowest BCUT2D eigenvalue weighted by molar-refractivity contribution is -0.114. The van der Waals surface area contributed by atoms with Crippen LogP contribution in [-0.4, -0.2) is 50.9 Å². The maximum atomic E-state index is 12.8. The largest absolute Gasteiger partial charge is 0.336 e. The number of aryl methyl sites for hydroxylation is 1. The molecule has 1 saturated heterocycles. The van der Waals surface area contributed by atoms with Crippen molar-refractivity contribution in [2.45, 2.75) is 13.0 Å². The molecule has 0 saturated carbocycles. The summed E-state index contributed by atoms with van der Waals surface area (Å²) in [6.45, 7) is 3.38. The van der Waals surface area contributed by atoms with E-state index in [-0.39, 0.29) is 17.9 Å². The van der Waals surface area contributed by atoms with E-state index in [4.69, 9.17) is 0 Å². The normalized spacial score (nSPS) is 18.0. The Balaban J connectivity index is 1.83. The molecule has 8 nitrogen and oxygen atoms in total. The van der Waals surface area contributed by atoms with Crippen molar-refractivity contribution in [1.82, 2.24) is 24.8 Å². The molecular weight excluding hydrogens is 316 g/mol. The molecule has 9 heteroatoms. The maximum Gasteiger partial charge on any atom is 0.274 e. The average molecular weight is 334 g/mol. The molecule has 2 N–H and O–H groups in total. The van der Waals surface area contributed by atoms with E-state index in [1.54, 1.807) is 16.5 Å². The molecule has 0 spiro atoms. The van der Waals surface area contributed by atoms with Crippen molar-refractivity contribution < 1.29 is 9.59 Å². The van der Waals surface area contributed by atoms with Crippen molar-refractivity contribution in [2.24, 2.45) is 7.05 Å². The summed E-state index contributed by atoms with van der Waals surface area (Å²) in [5, 5.41) is 8.00. The number of amides is 2. The topological polar surface area (TPSA) is 92.2 Å². The summed E-state index contributed by atoms with van der Waals surface area (Å²) in [6, 6.07) is -0.137. The number of carbonyl (C=O) groups excluding carboxylic acids is 2. The molecule has 0 radical (unpaired) electrons. The number of hydrogen-bond acceptors (Lipinski definition) is 6. The lowest BCUT2D eigenvalue weighted by atomic mass is 10.1. The fourth-order valence-electron chi connectivity index (χ4n) is 2.60. The van der Waals surface area contributed by atoms with Gasteiger partial charge in [0.15, 0.2) is 5.13 Å². The van der Waals surface area contributed by atoms with Crippen LogP contribution >= 0.6 is 11.3 Å². The van der Waals surface area contributed by atoms with Gasteiger partial charge in [0.25, 0.3) is 5.91 Å². The van der Waals surface area contributed by atoms with Crippen LogP contribution in [0.3, 0.4) is 0 Å². The number of nitrogens with zero attached hydrogens (tertiary/aromatic N) is 4. The van der Waals surface area contributed by atoms with Gasteiger partial charge in [0.05, 0.1) is 0 Å². The third-order valence-corrected chi connectivity index (χ3v) is 4.42. The number of piperazine rings is 1. The third-order valence-electron chi connectivity index (χ3n) is 3.67. The molecule has 0 aliphatic carbocycles. The van der Waals surface area contributed by atoms with Gasteiger partial charge in [-0.2, -0.15) is 0 Å². The molecule has 122 valence electrons. The molecule has 2 amide bonds. The first kappa shape index (κ1) is 15.6. The fraction of sp³-hybridized carbons (Fsp3) is 0.429. The standard InChI is InChI=1S/C14H18N6O2S/c1-9(21)17-14-18-10(8-23-14)13(22)20-6-3-15-7-11(20)12-16-4-5-19(12)2/h4-5,8,11,15H,3,6-7H2,1-2H3,(H,17,18,21). The number of anilines is 1. The molecule has 1 aliphatic heterocycles. The van der Waals surface area contributed by atoms with E-state index in [0.717, 1.165) is 12.4 Å². The van der Waals surface area contributed by atoms with E-state index in [2.05, 4.69) is 20.6 Å². The van der Waals surface area contributed by atoms with Crippen LogP contribution < -0.4 is 10.6 Å². The molecule has 23 heavy (non-hydrogen) atoms. The molecule has 0 aromatic carbocycles. The van der Waals surface area contributed by atoms with Crippen molar-refractivity contribution in [2.75, 3.05) is 25.0 Å². The highest BCUT2D eigenvalue weighted by molar-refractivity contribution is 7.14. The van der Waals surface area contributed by atoms with Crippen molar-refractivity contribution in [3.05, 3.63) is 29.3 Å². The Labute approximate surface area is 137 Å². The van der Waals surface area contributed by atoms with Crippen molar-refractivity contribution in [1.29, 1.82) is 0 Å². The van der Waals surface area contributed by atoms with Gasteiger partial charge in [-0.25, -0.2) is 9.97 Å². The molecule has 2 aromatic rings. The van der Waals surface area contributed by atoms with E-state index < -0.39 is 0 Å². The van der Waals surface area contributed by atoms with Crippen LogP contribution in [0.2, 0.25) is 0 Å². The minimum Gasteiger partial charge on any atom is -0.336 e. The molecule has 1 atom stereocenters. The number of carbonyl (C=O) groups is 2. The molecule has 3 heterocycles. The Morgan fingerprint density at radius 3 is 3.00 bits per heavy atom. The number of hydrogen-bond donors (Lipinski definition) is 2. The van der Waals surface area contributed by atoms with Gasteiger partial charge in [-0.05, 0) is 0 Å². The Kier molecular flexibility index (Phi) is 4.39. The van der Waals surface area contributed by atoms with Gasteiger partial charge in [-0.15, -0.1) is 11.3 Å². The van der Waals surface area contributed by atoms with Crippen molar-refractivity contribution in [3.63, 3.8) is 0 Å². The van der Waals surface area contributed by atoms with Crippen LogP contribution in [0, 0.1) is 0 Å². The number of aromatic nitrogens is 3. The van der Waals surface area contributed by atoms with Crippen molar-refractivity contribution in [3.8, 4) is 0 Å². The molecule has 3 rings (SSSR count). The highest BCUT2D eigenvalue weighted by Gasteiger charge is 2.32. The zero-order valence-electron chi connectivity index (χ0n) is 12.9. The van der Waals surface area contributed by atoms with Crippen LogP contribution in [0.1, 0.15) is 29.3 Å². The summed E-state index contributed by atoms with van der Waals surface area (Å²) in [5.41, 5.74) is 0.347. The van der Waals surface area contributed by atoms with Gasteiger partial charge in [0, 0.05) is 51.4 Å². The number of nitrogens with one attached hydrogen (secondary N) is 2. The first-order valence-electron chi connectivity index (χ1n) is 7.28. The van der Waals surface area contributed by atoms with Gasteiger partial charge < -0.3 is 20.1 Å².